The average Bonchev–Trinajstić information content (AvgIpc) is 2.10. The van der Waals surface area contributed by atoms with Crippen LogP contribution in [0.25, 0.3) is 0 Å². The van der Waals surface area contributed by atoms with Gasteiger partial charge >= 0.3 is 5.69 Å². The Morgan fingerprint density at radius 1 is 1.62 bits per heavy atom. The number of nitrogens with zero attached hydrogens (tertiary/aromatic N) is 2. The lowest BCUT2D eigenvalue weighted by Crippen LogP contribution is -2.03. The van der Waals surface area contributed by atoms with Gasteiger partial charge in [0.1, 0.15) is 0 Å². The van der Waals surface area contributed by atoms with Gasteiger partial charge in [0.25, 0.3) is 4.92 Å². The molecule has 0 bridgehead atoms. The van der Waals surface area contributed by atoms with Gasteiger partial charge in [-0.2, -0.15) is 0 Å². The van der Waals surface area contributed by atoms with E-state index in [0.717, 1.165) is 0 Å². The Morgan fingerprint density at radius 3 is 2.77 bits per heavy atom. The molecule has 0 aromatic carbocycles. The number of halogens is 2. The molecule has 1 aromatic heterocycles. The van der Waals surface area contributed by atoms with Gasteiger partial charge < -0.3 is 5.73 Å². The molecular formula is C6H6Cl2N3O2+. The number of pyridine rings is 1. The molecule has 5 nitrogen and oxygen atoms in total. The van der Waals surface area contributed by atoms with Gasteiger partial charge in [0.15, 0.2) is 12.3 Å². The standard InChI is InChI=1S/C6H6Cl2N3O2/c1-13-11(12)4-2-3(7)5(8)10-6(4)9/h2H,1H3,(H2,9,10)/q+1. The van der Waals surface area contributed by atoms with Crippen molar-refractivity contribution in [2.24, 2.45) is 0 Å². The van der Waals surface area contributed by atoms with E-state index in [4.69, 9.17) is 28.9 Å². The minimum absolute atomic E-state index is 0.0249. The third kappa shape index (κ3) is 1.99. The van der Waals surface area contributed by atoms with Crippen molar-refractivity contribution in [1.82, 2.24) is 4.98 Å². The lowest BCUT2D eigenvalue weighted by molar-refractivity contribution is -0.736. The zero-order chi connectivity index (χ0) is 10.0. The number of nitrogens with two attached hydrogens (primary N) is 1. The summed E-state index contributed by atoms with van der Waals surface area (Å²) in [4.78, 5) is 19.2. The SMILES string of the molecule is CO[N+](=O)c1cc(Cl)c(Cl)nc1N. The Morgan fingerprint density at radius 2 is 2.23 bits per heavy atom. The third-order valence-electron chi connectivity index (χ3n) is 1.30. The molecule has 13 heavy (non-hydrogen) atoms. The number of hydrogen-bond acceptors (Lipinski definition) is 4. The van der Waals surface area contributed by atoms with Crippen molar-refractivity contribution in [3.8, 4) is 0 Å². The zero-order valence-electron chi connectivity index (χ0n) is 6.62. The number of rotatable bonds is 2. The van der Waals surface area contributed by atoms with E-state index in [2.05, 4.69) is 9.82 Å². The molecular weight excluding hydrogens is 217 g/mol. The van der Waals surface area contributed by atoms with Crippen LogP contribution < -0.4 is 5.73 Å². The molecule has 0 saturated carbocycles. The van der Waals surface area contributed by atoms with E-state index in [-0.39, 0.29) is 26.6 Å². The van der Waals surface area contributed by atoms with Crippen LogP contribution in [-0.2, 0) is 4.84 Å². The monoisotopic (exact) mass is 222 g/mol. The van der Waals surface area contributed by atoms with Crippen LogP contribution in [0.4, 0.5) is 11.5 Å². The Labute approximate surface area is 83.9 Å². The van der Waals surface area contributed by atoms with E-state index in [1.54, 1.807) is 0 Å². The van der Waals surface area contributed by atoms with Crippen LogP contribution in [0, 0.1) is 4.91 Å². The summed E-state index contributed by atoms with van der Waals surface area (Å²) in [5, 5.41) is 0.191. The number of aromatic nitrogens is 1. The fraction of sp³-hybridized carbons (Fsp3) is 0.167. The van der Waals surface area contributed by atoms with Gasteiger partial charge in [-0.1, -0.05) is 23.2 Å². The van der Waals surface area contributed by atoms with Crippen LogP contribution in [0.1, 0.15) is 0 Å². The lowest BCUT2D eigenvalue weighted by Gasteiger charge is -1.96. The second-order valence-electron chi connectivity index (χ2n) is 2.11. The highest BCUT2D eigenvalue weighted by Gasteiger charge is 2.22. The highest BCUT2D eigenvalue weighted by Crippen LogP contribution is 2.28. The van der Waals surface area contributed by atoms with Crippen molar-refractivity contribution >= 4 is 34.7 Å². The molecule has 1 rings (SSSR count). The molecule has 0 fully saturated rings. The number of nitrogen functional groups attached to an aromatic ring is 1. The van der Waals surface area contributed by atoms with E-state index in [1.165, 1.54) is 13.2 Å². The van der Waals surface area contributed by atoms with E-state index in [1.807, 2.05) is 0 Å². The zero-order valence-corrected chi connectivity index (χ0v) is 8.13. The van der Waals surface area contributed by atoms with Gasteiger partial charge in [-0.05, 0) is 0 Å². The van der Waals surface area contributed by atoms with Crippen molar-refractivity contribution in [3.05, 3.63) is 21.1 Å². The summed E-state index contributed by atoms with van der Waals surface area (Å²) >= 11 is 11.2. The number of anilines is 1. The summed E-state index contributed by atoms with van der Waals surface area (Å²) in [5.41, 5.74) is 5.42. The first kappa shape index (κ1) is 10.0. The molecule has 70 valence electrons. The molecule has 0 saturated heterocycles. The molecule has 1 heterocycles. The van der Waals surface area contributed by atoms with Crippen LogP contribution in [0.2, 0.25) is 10.2 Å². The molecule has 0 aliphatic carbocycles. The smallest absolute Gasteiger partial charge is 0.359 e. The predicted octanol–water partition coefficient (Wildman–Crippen LogP) is 1.94. The van der Waals surface area contributed by atoms with Gasteiger partial charge in [-0.15, -0.1) is 0 Å². The van der Waals surface area contributed by atoms with Gasteiger partial charge in [0, 0.05) is 6.07 Å². The van der Waals surface area contributed by atoms with E-state index in [0.29, 0.717) is 0 Å². The quantitative estimate of drug-likeness (QED) is 0.614. The van der Waals surface area contributed by atoms with Gasteiger partial charge in [0.2, 0.25) is 5.82 Å². The first-order valence-corrected chi connectivity index (χ1v) is 3.94. The summed E-state index contributed by atoms with van der Waals surface area (Å²) in [6.45, 7) is 0. The molecule has 0 radical (unpaired) electrons. The lowest BCUT2D eigenvalue weighted by atomic mass is 10.4. The molecule has 7 heteroatoms. The maximum Gasteiger partial charge on any atom is 0.359 e. The highest BCUT2D eigenvalue weighted by molar-refractivity contribution is 6.41. The first-order valence-electron chi connectivity index (χ1n) is 3.19. The molecule has 0 atom stereocenters. The molecule has 0 spiro atoms. The van der Waals surface area contributed by atoms with Crippen molar-refractivity contribution in [3.63, 3.8) is 0 Å². The molecule has 1 aromatic rings. The van der Waals surface area contributed by atoms with Crippen molar-refractivity contribution in [2.75, 3.05) is 12.8 Å². The van der Waals surface area contributed by atoms with Crippen LogP contribution >= 0.6 is 23.2 Å². The Hall–Kier alpha value is -1.07. The Bertz CT molecular complexity index is 356. The summed E-state index contributed by atoms with van der Waals surface area (Å²) in [6, 6.07) is 1.28. The van der Waals surface area contributed by atoms with E-state index in [9.17, 15) is 4.91 Å². The van der Waals surface area contributed by atoms with Crippen LogP contribution in [0.15, 0.2) is 6.07 Å². The van der Waals surface area contributed by atoms with Gasteiger partial charge in [-0.3, -0.25) is 0 Å². The molecule has 0 aliphatic rings. The maximum atomic E-state index is 11.0. The first-order chi connectivity index (χ1) is 6.06. The summed E-state index contributed by atoms with van der Waals surface area (Å²) in [6.07, 6.45) is 0. The molecule has 2 N–H and O–H groups in total. The minimum Gasteiger partial charge on any atom is -0.378 e. The Balaban J connectivity index is 3.23. The highest BCUT2D eigenvalue weighted by atomic mass is 35.5. The molecule has 0 unspecified atom stereocenters. The Kier molecular flexibility index (Phi) is 2.90. The largest absolute Gasteiger partial charge is 0.378 e. The van der Waals surface area contributed by atoms with Crippen LogP contribution in [0.3, 0.4) is 0 Å². The normalized spacial score (nSPS) is 9.77. The minimum atomic E-state index is -0.0359. The van der Waals surface area contributed by atoms with Crippen LogP contribution in [-0.4, -0.2) is 17.0 Å². The summed E-state index contributed by atoms with van der Waals surface area (Å²) in [7, 11) is 1.20. The molecule has 0 aliphatic heterocycles. The van der Waals surface area contributed by atoms with Crippen molar-refractivity contribution < 1.29 is 9.76 Å². The topological polar surface area (TPSA) is 68.2 Å². The summed E-state index contributed by atoms with van der Waals surface area (Å²) in [5.74, 6) is -0.0359. The molecule has 0 amide bonds. The fourth-order valence-corrected chi connectivity index (χ4v) is 1.01. The average molecular weight is 223 g/mol. The van der Waals surface area contributed by atoms with Crippen LogP contribution in [0.5, 0.6) is 0 Å². The maximum absolute atomic E-state index is 11.0. The number of hydrogen-bond donors (Lipinski definition) is 1. The van der Waals surface area contributed by atoms with E-state index < -0.39 is 0 Å². The predicted molar refractivity (Wildman–Crippen MR) is 49.0 cm³/mol. The van der Waals surface area contributed by atoms with Crippen molar-refractivity contribution in [1.29, 1.82) is 0 Å². The fourth-order valence-electron chi connectivity index (χ4n) is 0.715. The second kappa shape index (κ2) is 3.76. The van der Waals surface area contributed by atoms with Gasteiger partial charge in [-0.25, -0.2) is 9.82 Å². The van der Waals surface area contributed by atoms with Gasteiger partial charge in [0.05, 0.1) is 9.93 Å². The summed E-state index contributed by atoms with van der Waals surface area (Å²) < 4.78 is 0. The third-order valence-corrected chi connectivity index (χ3v) is 1.98. The van der Waals surface area contributed by atoms with E-state index >= 15 is 0 Å². The van der Waals surface area contributed by atoms with Crippen molar-refractivity contribution in [2.45, 2.75) is 0 Å². The second-order valence-corrected chi connectivity index (χ2v) is 2.87.